The Hall–Kier alpha value is -2.28. The fourth-order valence-electron chi connectivity index (χ4n) is 2.78. The Balaban J connectivity index is 1.67. The van der Waals surface area contributed by atoms with E-state index in [1.54, 1.807) is 6.92 Å². The Kier molecular flexibility index (Phi) is 4.12. The molecule has 0 aromatic heterocycles. The zero-order valence-corrected chi connectivity index (χ0v) is 13.3. The van der Waals surface area contributed by atoms with Gasteiger partial charge in [0, 0.05) is 5.75 Å². The normalized spacial score (nSPS) is 23.2. The minimum atomic E-state index is -1.10. The van der Waals surface area contributed by atoms with Crippen molar-refractivity contribution in [2.45, 2.75) is 24.8 Å². The minimum absolute atomic E-state index is 0.0484. The van der Waals surface area contributed by atoms with Crippen molar-refractivity contribution in [3.63, 3.8) is 0 Å². The molecule has 1 aromatic rings. The number of β-lactam (4-membered cyclic amide) rings is 1. The van der Waals surface area contributed by atoms with Gasteiger partial charge in [-0.25, -0.2) is 4.79 Å². The van der Waals surface area contributed by atoms with Gasteiger partial charge in [0.2, 0.25) is 5.91 Å². The SMILES string of the molecule is CC1=C(C(=O)O)N2C(=O)C(NC(=O)Cc3ccccc3)[C@@H]2SC1. The van der Waals surface area contributed by atoms with Crippen molar-refractivity contribution in [3.05, 3.63) is 47.2 Å². The van der Waals surface area contributed by atoms with E-state index in [9.17, 15) is 19.5 Å². The summed E-state index contributed by atoms with van der Waals surface area (Å²) >= 11 is 1.47. The smallest absolute Gasteiger partial charge is 0.352 e. The van der Waals surface area contributed by atoms with Crippen LogP contribution in [0.15, 0.2) is 41.6 Å². The van der Waals surface area contributed by atoms with Crippen LogP contribution in [0.4, 0.5) is 0 Å². The molecule has 2 heterocycles. The second-order valence-corrected chi connectivity index (χ2v) is 6.66. The molecular weight excluding hydrogens is 316 g/mol. The molecule has 2 N–H and O–H groups in total. The number of carboxylic acid groups (broad SMARTS) is 1. The molecule has 0 spiro atoms. The van der Waals surface area contributed by atoms with E-state index in [2.05, 4.69) is 5.32 Å². The summed E-state index contributed by atoms with van der Waals surface area (Å²) in [4.78, 5) is 36.9. The topological polar surface area (TPSA) is 86.7 Å². The monoisotopic (exact) mass is 332 g/mol. The van der Waals surface area contributed by atoms with Gasteiger partial charge in [0.25, 0.3) is 5.91 Å². The molecule has 2 aliphatic heterocycles. The van der Waals surface area contributed by atoms with Gasteiger partial charge in [0.1, 0.15) is 17.1 Å². The summed E-state index contributed by atoms with van der Waals surface area (Å²) in [7, 11) is 0. The molecule has 0 radical (unpaired) electrons. The number of rotatable bonds is 4. The average molecular weight is 332 g/mol. The molecule has 0 saturated carbocycles. The largest absolute Gasteiger partial charge is 0.477 e. The number of carboxylic acids is 1. The molecule has 1 saturated heterocycles. The van der Waals surface area contributed by atoms with E-state index in [-0.39, 0.29) is 29.3 Å². The average Bonchev–Trinajstić information content (AvgIpc) is 2.53. The zero-order chi connectivity index (χ0) is 16.6. The van der Waals surface area contributed by atoms with Gasteiger partial charge < -0.3 is 10.4 Å². The molecule has 1 fully saturated rings. The number of amides is 2. The Bertz CT molecular complexity index is 701. The van der Waals surface area contributed by atoms with E-state index in [1.165, 1.54) is 16.7 Å². The van der Waals surface area contributed by atoms with Crippen LogP contribution in [0, 0.1) is 0 Å². The molecule has 3 rings (SSSR count). The Labute approximate surface area is 137 Å². The molecule has 0 aliphatic carbocycles. The fourth-order valence-corrected chi connectivity index (χ4v) is 4.07. The molecule has 6 nitrogen and oxygen atoms in total. The predicted molar refractivity (Wildman–Crippen MR) is 85.5 cm³/mol. The molecule has 23 heavy (non-hydrogen) atoms. The van der Waals surface area contributed by atoms with Crippen LogP contribution in [0.25, 0.3) is 0 Å². The third-order valence-electron chi connectivity index (χ3n) is 3.89. The summed E-state index contributed by atoms with van der Waals surface area (Å²) < 4.78 is 0. The van der Waals surface area contributed by atoms with Gasteiger partial charge in [0.15, 0.2) is 0 Å². The van der Waals surface area contributed by atoms with Crippen molar-refractivity contribution in [2.75, 3.05) is 5.75 Å². The molecule has 1 unspecified atom stereocenters. The maximum atomic E-state index is 12.2. The van der Waals surface area contributed by atoms with Crippen LogP contribution in [0.5, 0.6) is 0 Å². The van der Waals surface area contributed by atoms with E-state index in [0.717, 1.165) is 5.56 Å². The van der Waals surface area contributed by atoms with Crippen molar-refractivity contribution >= 4 is 29.5 Å². The first-order chi connectivity index (χ1) is 11.0. The van der Waals surface area contributed by atoms with E-state index in [0.29, 0.717) is 11.3 Å². The summed E-state index contributed by atoms with van der Waals surface area (Å²) in [5.74, 6) is -1.16. The van der Waals surface area contributed by atoms with Gasteiger partial charge in [-0.05, 0) is 18.1 Å². The quantitative estimate of drug-likeness (QED) is 0.803. The number of thioether (sulfide) groups is 1. The van der Waals surface area contributed by atoms with Crippen LogP contribution in [-0.2, 0) is 20.8 Å². The number of nitrogens with one attached hydrogen (secondary N) is 1. The third-order valence-corrected chi connectivity index (χ3v) is 5.31. The van der Waals surface area contributed by atoms with Crippen LogP contribution in [0.1, 0.15) is 12.5 Å². The van der Waals surface area contributed by atoms with E-state index < -0.39 is 12.0 Å². The highest BCUT2D eigenvalue weighted by Crippen LogP contribution is 2.40. The number of fused-ring (bicyclic) bond motifs is 1. The van der Waals surface area contributed by atoms with Gasteiger partial charge in [-0.15, -0.1) is 11.8 Å². The van der Waals surface area contributed by atoms with Crippen molar-refractivity contribution in [2.24, 2.45) is 0 Å². The second-order valence-electron chi connectivity index (χ2n) is 5.55. The van der Waals surface area contributed by atoms with Gasteiger partial charge in [-0.1, -0.05) is 30.3 Å². The minimum Gasteiger partial charge on any atom is -0.477 e. The van der Waals surface area contributed by atoms with Crippen molar-refractivity contribution in [1.82, 2.24) is 10.2 Å². The molecule has 1 aromatic carbocycles. The number of carbonyl (C=O) groups is 3. The lowest BCUT2D eigenvalue weighted by Crippen LogP contribution is -2.70. The molecule has 2 aliphatic rings. The first-order valence-corrected chi connectivity index (χ1v) is 8.25. The molecule has 2 amide bonds. The Morgan fingerprint density at radius 2 is 2.04 bits per heavy atom. The number of aliphatic carboxylic acids is 1. The summed E-state index contributed by atoms with van der Waals surface area (Å²) in [6, 6.07) is 8.61. The molecule has 0 bridgehead atoms. The lowest BCUT2D eigenvalue weighted by Gasteiger charge is -2.49. The highest BCUT2D eigenvalue weighted by Gasteiger charge is 2.53. The molecular formula is C16H16N2O4S. The highest BCUT2D eigenvalue weighted by molar-refractivity contribution is 8.00. The van der Waals surface area contributed by atoms with Crippen LogP contribution < -0.4 is 5.32 Å². The van der Waals surface area contributed by atoms with Crippen molar-refractivity contribution in [3.8, 4) is 0 Å². The standard InChI is InChI=1S/C16H16N2O4S/c1-9-8-23-15-12(14(20)18(15)13(9)16(21)22)17-11(19)7-10-5-3-2-4-6-10/h2-6,12,15H,7-8H2,1H3,(H,17,19)(H,21,22)/t12?,15-/m0/s1. The Morgan fingerprint density at radius 1 is 1.35 bits per heavy atom. The summed E-state index contributed by atoms with van der Waals surface area (Å²) in [5.41, 5.74) is 1.58. The summed E-state index contributed by atoms with van der Waals surface area (Å²) in [6.45, 7) is 1.71. The number of hydrogen-bond acceptors (Lipinski definition) is 4. The maximum absolute atomic E-state index is 12.2. The zero-order valence-electron chi connectivity index (χ0n) is 12.5. The lowest BCUT2D eigenvalue weighted by atomic mass is 10.0. The highest BCUT2D eigenvalue weighted by atomic mass is 32.2. The van der Waals surface area contributed by atoms with Gasteiger partial charge >= 0.3 is 5.97 Å². The van der Waals surface area contributed by atoms with Gasteiger partial charge in [-0.2, -0.15) is 0 Å². The Morgan fingerprint density at radius 3 is 2.70 bits per heavy atom. The van der Waals surface area contributed by atoms with E-state index in [1.807, 2.05) is 30.3 Å². The van der Waals surface area contributed by atoms with Crippen LogP contribution in [0.3, 0.4) is 0 Å². The maximum Gasteiger partial charge on any atom is 0.352 e. The van der Waals surface area contributed by atoms with Gasteiger partial charge in [-0.3, -0.25) is 14.5 Å². The fraction of sp³-hybridized carbons (Fsp3) is 0.312. The van der Waals surface area contributed by atoms with Crippen LogP contribution in [0.2, 0.25) is 0 Å². The third kappa shape index (κ3) is 2.84. The number of carbonyl (C=O) groups excluding carboxylic acids is 2. The van der Waals surface area contributed by atoms with E-state index >= 15 is 0 Å². The van der Waals surface area contributed by atoms with Crippen molar-refractivity contribution < 1.29 is 19.5 Å². The first-order valence-electron chi connectivity index (χ1n) is 7.20. The number of hydrogen-bond donors (Lipinski definition) is 2. The predicted octanol–water partition coefficient (Wildman–Crippen LogP) is 0.988. The summed E-state index contributed by atoms with van der Waals surface area (Å²) in [5, 5.41) is 11.6. The van der Waals surface area contributed by atoms with Gasteiger partial charge in [0.05, 0.1) is 6.42 Å². The molecule has 7 heteroatoms. The number of benzene rings is 1. The molecule has 2 atom stereocenters. The van der Waals surface area contributed by atoms with Crippen LogP contribution >= 0.6 is 11.8 Å². The van der Waals surface area contributed by atoms with Crippen LogP contribution in [-0.4, -0.2) is 45.0 Å². The second kappa shape index (κ2) is 6.08. The van der Waals surface area contributed by atoms with E-state index in [4.69, 9.17) is 0 Å². The summed E-state index contributed by atoms with van der Waals surface area (Å²) in [6.07, 6.45) is 0.197. The van der Waals surface area contributed by atoms with Crippen molar-refractivity contribution in [1.29, 1.82) is 0 Å². The molecule has 120 valence electrons. The lowest BCUT2D eigenvalue weighted by molar-refractivity contribution is -0.150. The number of nitrogens with zero attached hydrogens (tertiary/aromatic N) is 1. The first kappa shape index (κ1) is 15.6.